The monoisotopic (exact) mass is 449 g/mol. The molecule has 0 spiro atoms. The number of nitrogens with zero attached hydrogens (tertiary/aromatic N) is 1. The van der Waals surface area contributed by atoms with Gasteiger partial charge >= 0.3 is 0 Å². The molecule has 3 aromatic carbocycles. The van der Waals surface area contributed by atoms with Crippen molar-refractivity contribution in [2.45, 2.75) is 16.2 Å². The Kier molecular flexibility index (Phi) is 4.29. The summed E-state index contributed by atoms with van der Waals surface area (Å²) in [6.45, 7) is 0. The first-order chi connectivity index (χ1) is 13.6. The molecule has 0 unspecified atom stereocenters. The van der Waals surface area contributed by atoms with E-state index in [0.29, 0.717) is 17.6 Å². The van der Waals surface area contributed by atoms with Gasteiger partial charge in [0.05, 0.1) is 23.7 Å². The molecule has 1 aromatic heterocycles. The largest absolute Gasteiger partial charge is 0.497 e. The summed E-state index contributed by atoms with van der Waals surface area (Å²) in [6, 6.07) is 20.2. The Morgan fingerprint density at radius 2 is 1.86 bits per heavy atom. The molecule has 0 fully saturated rings. The standard InChI is InChI=1S/C23H16BrNO2S/c1-27-17-11-18-22-21(12-17)28-20-8-7-16(24)10-19(20)25(22)13-15(23(18)26)9-14-5-3-2-4-6-14/h2-8,10-13H,9H2,1H3. The number of hydrogen-bond donors (Lipinski definition) is 0. The van der Waals surface area contributed by atoms with Crippen molar-refractivity contribution < 1.29 is 4.74 Å². The highest BCUT2D eigenvalue weighted by molar-refractivity contribution is 9.10. The number of pyridine rings is 1. The minimum absolute atomic E-state index is 0.0642. The van der Waals surface area contributed by atoms with Gasteiger partial charge in [-0.1, -0.05) is 58.0 Å². The van der Waals surface area contributed by atoms with Gasteiger partial charge in [-0.15, -0.1) is 0 Å². The fraction of sp³-hybridized carbons (Fsp3) is 0.0870. The second-order valence-electron chi connectivity index (χ2n) is 6.75. The highest BCUT2D eigenvalue weighted by atomic mass is 79.9. The van der Waals surface area contributed by atoms with Crippen LogP contribution in [0.4, 0.5) is 0 Å². The number of halogens is 1. The Balaban J connectivity index is 1.83. The Bertz CT molecular complexity index is 1280. The molecule has 4 aromatic rings. The molecule has 0 atom stereocenters. The van der Waals surface area contributed by atoms with Gasteiger partial charge in [0, 0.05) is 32.4 Å². The molecule has 1 aliphatic heterocycles. The van der Waals surface area contributed by atoms with E-state index in [1.807, 2.05) is 42.6 Å². The maximum absolute atomic E-state index is 13.3. The molecular weight excluding hydrogens is 434 g/mol. The molecule has 5 rings (SSSR count). The summed E-state index contributed by atoms with van der Waals surface area (Å²) in [5.74, 6) is 0.705. The summed E-state index contributed by atoms with van der Waals surface area (Å²) in [7, 11) is 1.64. The van der Waals surface area contributed by atoms with Crippen molar-refractivity contribution in [1.29, 1.82) is 0 Å². The number of methoxy groups -OCH3 is 1. The maximum atomic E-state index is 13.3. The van der Waals surface area contributed by atoms with Gasteiger partial charge in [0.1, 0.15) is 5.75 Å². The number of aromatic nitrogens is 1. The van der Waals surface area contributed by atoms with E-state index in [9.17, 15) is 4.79 Å². The first-order valence-electron chi connectivity index (χ1n) is 8.92. The lowest BCUT2D eigenvalue weighted by atomic mass is 10.0. The predicted molar refractivity (Wildman–Crippen MR) is 117 cm³/mol. The molecular formula is C23H16BrNO2S. The van der Waals surface area contributed by atoms with Crippen LogP contribution in [0.15, 0.2) is 85.9 Å². The van der Waals surface area contributed by atoms with Crippen molar-refractivity contribution in [2.24, 2.45) is 0 Å². The van der Waals surface area contributed by atoms with Crippen LogP contribution in [0.25, 0.3) is 16.6 Å². The zero-order valence-corrected chi connectivity index (χ0v) is 17.5. The number of hydrogen-bond acceptors (Lipinski definition) is 3. The summed E-state index contributed by atoms with van der Waals surface area (Å²) >= 11 is 5.25. The second-order valence-corrected chi connectivity index (χ2v) is 8.75. The van der Waals surface area contributed by atoms with Crippen LogP contribution in [0.1, 0.15) is 11.1 Å². The predicted octanol–water partition coefficient (Wildman–Crippen LogP) is 5.82. The van der Waals surface area contributed by atoms with Crippen LogP contribution in [0, 0.1) is 0 Å². The van der Waals surface area contributed by atoms with Crippen molar-refractivity contribution in [2.75, 3.05) is 7.11 Å². The van der Waals surface area contributed by atoms with Gasteiger partial charge < -0.3 is 9.30 Å². The van der Waals surface area contributed by atoms with Crippen LogP contribution in [0.5, 0.6) is 5.75 Å². The van der Waals surface area contributed by atoms with Gasteiger partial charge in [-0.2, -0.15) is 0 Å². The van der Waals surface area contributed by atoms with Crippen LogP contribution in [0.2, 0.25) is 0 Å². The summed E-state index contributed by atoms with van der Waals surface area (Å²) in [4.78, 5) is 15.5. The normalized spacial score (nSPS) is 12.1. The molecule has 0 saturated heterocycles. The smallest absolute Gasteiger partial charge is 0.193 e. The third-order valence-electron chi connectivity index (χ3n) is 4.98. The van der Waals surface area contributed by atoms with Crippen molar-refractivity contribution in [1.82, 2.24) is 4.57 Å². The van der Waals surface area contributed by atoms with Crippen molar-refractivity contribution in [3.05, 3.63) is 92.7 Å². The van der Waals surface area contributed by atoms with Crippen molar-refractivity contribution >= 4 is 38.6 Å². The maximum Gasteiger partial charge on any atom is 0.193 e. The Hall–Kier alpha value is -2.50. The third-order valence-corrected chi connectivity index (χ3v) is 6.57. The van der Waals surface area contributed by atoms with Gasteiger partial charge in [0.25, 0.3) is 0 Å². The highest BCUT2D eigenvalue weighted by Gasteiger charge is 2.22. The minimum Gasteiger partial charge on any atom is -0.497 e. The van der Waals surface area contributed by atoms with Crippen molar-refractivity contribution in [3.63, 3.8) is 0 Å². The van der Waals surface area contributed by atoms with E-state index in [1.165, 1.54) is 0 Å². The lowest BCUT2D eigenvalue weighted by molar-refractivity contribution is 0.414. The van der Waals surface area contributed by atoms with E-state index >= 15 is 0 Å². The second kappa shape index (κ2) is 6.83. The summed E-state index contributed by atoms with van der Waals surface area (Å²) in [5, 5.41) is 0.695. The average Bonchev–Trinajstić information content (AvgIpc) is 2.72. The number of rotatable bonds is 3. The number of benzene rings is 3. The SMILES string of the molecule is COc1cc2c3c(c1)c(=O)c(Cc1ccccc1)cn3-c1cc(Br)ccc1S2. The highest BCUT2D eigenvalue weighted by Crippen LogP contribution is 2.44. The Morgan fingerprint density at radius 3 is 2.64 bits per heavy atom. The topological polar surface area (TPSA) is 31.2 Å². The molecule has 2 heterocycles. The minimum atomic E-state index is 0.0642. The number of ether oxygens (including phenoxy) is 1. The van der Waals surface area contributed by atoms with Gasteiger partial charge in [0.2, 0.25) is 0 Å². The molecule has 28 heavy (non-hydrogen) atoms. The van der Waals surface area contributed by atoms with Crippen LogP contribution < -0.4 is 10.2 Å². The lowest BCUT2D eigenvalue weighted by Crippen LogP contribution is -2.17. The van der Waals surface area contributed by atoms with E-state index in [0.717, 1.165) is 36.6 Å². The Morgan fingerprint density at radius 1 is 1.04 bits per heavy atom. The first kappa shape index (κ1) is 17.6. The van der Waals surface area contributed by atoms with Gasteiger partial charge in [0.15, 0.2) is 5.43 Å². The third kappa shape index (κ3) is 2.86. The van der Waals surface area contributed by atoms with Gasteiger partial charge in [-0.25, -0.2) is 0 Å². The summed E-state index contributed by atoms with van der Waals surface area (Å²) < 4.78 is 8.65. The molecule has 0 saturated carbocycles. The quantitative estimate of drug-likeness (QED) is 0.347. The molecule has 3 nitrogen and oxygen atoms in total. The number of fused-ring (bicyclic) bond motifs is 2. The van der Waals surface area contributed by atoms with Gasteiger partial charge in [-0.05, 0) is 35.9 Å². The molecule has 0 N–H and O–H groups in total. The van der Waals surface area contributed by atoms with E-state index in [-0.39, 0.29) is 5.43 Å². The molecule has 0 bridgehead atoms. The van der Waals surface area contributed by atoms with E-state index in [2.05, 4.69) is 44.8 Å². The molecule has 5 heteroatoms. The van der Waals surface area contributed by atoms with E-state index in [4.69, 9.17) is 4.74 Å². The molecule has 0 radical (unpaired) electrons. The van der Waals surface area contributed by atoms with Crippen LogP contribution in [-0.2, 0) is 6.42 Å². The molecule has 1 aliphatic rings. The molecule has 0 aliphatic carbocycles. The van der Waals surface area contributed by atoms with E-state index < -0.39 is 0 Å². The molecule has 138 valence electrons. The zero-order valence-electron chi connectivity index (χ0n) is 15.1. The van der Waals surface area contributed by atoms with Gasteiger partial charge in [-0.3, -0.25) is 4.79 Å². The first-order valence-corrected chi connectivity index (χ1v) is 10.5. The van der Waals surface area contributed by atoms with Crippen LogP contribution in [-0.4, -0.2) is 11.7 Å². The van der Waals surface area contributed by atoms with Crippen LogP contribution >= 0.6 is 27.7 Å². The molecule has 0 amide bonds. The van der Waals surface area contributed by atoms with Crippen molar-refractivity contribution in [3.8, 4) is 11.4 Å². The van der Waals surface area contributed by atoms with E-state index in [1.54, 1.807) is 18.9 Å². The zero-order chi connectivity index (χ0) is 19.3. The van der Waals surface area contributed by atoms with Crippen LogP contribution in [0.3, 0.4) is 0 Å². The lowest BCUT2D eigenvalue weighted by Gasteiger charge is -2.24. The fourth-order valence-electron chi connectivity index (χ4n) is 3.67. The Labute approximate surface area is 175 Å². The fourth-order valence-corrected chi connectivity index (χ4v) is 5.13. The summed E-state index contributed by atoms with van der Waals surface area (Å²) in [6.07, 6.45) is 2.59. The summed E-state index contributed by atoms with van der Waals surface area (Å²) in [5.41, 5.74) is 3.98. The average molecular weight is 450 g/mol.